The van der Waals surface area contributed by atoms with Crippen molar-refractivity contribution in [3.8, 4) is 0 Å². The molecule has 0 rings (SSSR count). The summed E-state index contributed by atoms with van der Waals surface area (Å²) < 4.78 is 22.5. The summed E-state index contributed by atoms with van der Waals surface area (Å²) in [5, 5.41) is -1.17. The van der Waals surface area contributed by atoms with Gasteiger partial charge in [-0.3, -0.25) is 19.2 Å². The minimum Gasteiger partial charge on any atom is -0.485 e. The highest BCUT2D eigenvalue weighted by Gasteiger charge is 2.58. The summed E-state index contributed by atoms with van der Waals surface area (Å²) >= 11 is 0. The van der Waals surface area contributed by atoms with Gasteiger partial charge in [-0.05, 0) is 6.42 Å². The number of hydrogen-bond donors (Lipinski definition) is 0. The maximum Gasteiger partial charge on any atom is 0.469 e. The largest absolute Gasteiger partial charge is 0.485 e. The summed E-state index contributed by atoms with van der Waals surface area (Å²) in [4.78, 5) is 47.2. The van der Waals surface area contributed by atoms with E-state index in [0.29, 0.717) is 18.5 Å². The molecule has 0 aromatic heterocycles. The van der Waals surface area contributed by atoms with Crippen molar-refractivity contribution in [3.63, 3.8) is 0 Å². The van der Waals surface area contributed by atoms with Crippen molar-refractivity contribution >= 4 is 41.0 Å². The Morgan fingerprint density at radius 2 is 0.759 bits per heavy atom. The Morgan fingerprint density at radius 3 is 0.897 bits per heavy atom. The summed E-state index contributed by atoms with van der Waals surface area (Å²) in [5.74, 6) is -2.08. The molecular weight excluding hydrogens is 412 g/mol. The van der Waals surface area contributed by atoms with Gasteiger partial charge in [-0.1, -0.05) is 41.5 Å². The normalized spacial score (nSPS) is 12.8. The second-order valence-corrected chi connectivity index (χ2v) is 17.1. The van der Waals surface area contributed by atoms with Crippen molar-refractivity contribution in [2.45, 2.75) is 97.8 Å². The molecule has 0 heterocycles. The van der Waals surface area contributed by atoms with E-state index < -0.39 is 51.1 Å². The van der Waals surface area contributed by atoms with E-state index in [2.05, 4.69) is 0 Å². The van der Waals surface area contributed by atoms with Crippen LogP contribution in [0.15, 0.2) is 0 Å². The first-order valence-electron chi connectivity index (χ1n) is 9.66. The van der Waals surface area contributed by atoms with Gasteiger partial charge in [0.25, 0.3) is 23.9 Å². The topological polar surface area (TPSA) is 105 Å². The molecule has 0 fully saturated rings. The van der Waals surface area contributed by atoms with E-state index in [1.54, 1.807) is 0 Å². The van der Waals surface area contributed by atoms with Gasteiger partial charge in [0.1, 0.15) is 0 Å². The molecule has 10 heteroatoms. The number of carbonyl (C=O) groups is 4. The number of hydrogen-bond acceptors (Lipinski definition) is 8. The van der Waals surface area contributed by atoms with E-state index in [-0.39, 0.29) is 0 Å². The summed E-state index contributed by atoms with van der Waals surface area (Å²) in [6.45, 7) is 16.3. The average molecular weight is 449 g/mol. The molecule has 0 N–H and O–H groups in total. The van der Waals surface area contributed by atoms with Gasteiger partial charge in [-0.25, -0.2) is 0 Å². The third-order valence-electron chi connectivity index (χ3n) is 4.53. The van der Waals surface area contributed by atoms with Crippen LogP contribution in [0, 0.1) is 0 Å². The monoisotopic (exact) mass is 448 g/mol. The molecule has 0 aromatic carbocycles. The third-order valence-corrected chi connectivity index (χ3v) is 13.6. The molecule has 0 saturated carbocycles. The first kappa shape index (κ1) is 27.3. The predicted octanol–water partition coefficient (Wildman–Crippen LogP) is 4.11. The van der Waals surface area contributed by atoms with Crippen LogP contribution in [0.4, 0.5) is 0 Å². The molecule has 0 aliphatic rings. The molecule has 0 radical (unpaired) electrons. The van der Waals surface area contributed by atoms with Crippen molar-refractivity contribution in [3.05, 3.63) is 0 Å². The van der Waals surface area contributed by atoms with E-state index in [4.69, 9.17) is 17.7 Å². The Kier molecular flexibility index (Phi) is 9.30. The molecule has 0 aliphatic carbocycles. The molecular formula is C19H36O8Si2. The van der Waals surface area contributed by atoms with Crippen LogP contribution in [0.2, 0.25) is 22.2 Å². The lowest BCUT2D eigenvalue weighted by atomic mass is 10.2. The van der Waals surface area contributed by atoms with Crippen molar-refractivity contribution in [1.29, 1.82) is 0 Å². The quantitative estimate of drug-likeness (QED) is 0.511. The van der Waals surface area contributed by atoms with Gasteiger partial charge >= 0.3 is 17.1 Å². The minimum atomic E-state index is -3.32. The standard InChI is InChI=1S/C19H36O8Si2/c1-14(20)24-28(18(5,6)7,25-15(2)21)12-11-13-29(19(8,9)10,26-16(3)22)27-17(4)23/h11-13H2,1-10H3. The van der Waals surface area contributed by atoms with Crippen LogP contribution in [-0.4, -0.2) is 41.0 Å². The smallest absolute Gasteiger partial charge is 0.469 e. The van der Waals surface area contributed by atoms with Crippen molar-refractivity contribution in [1.82, 2.24) is 0 Å². The molecule has 0 spiro atoms. The van der Waals surface area contributed by atoms with Crippen LogP contribution in [-0.2, 0) is 36.9 Å². The molecule has 0 atom stereocenters. The van der Waals surface area contributed by atoms with Crippen LogP contribution >= 0.6 is 0 Å². The fourth-order valence-corrected chi connectivity index (χ4v) is 9.80. The molecule has 0 unspecified atom stereocenters. The number of carbonyl (C=O) groups excluding carboxylic acids is 4. The van der Waals surface area contributed by atoms with E-state index in [1.165, 1.54) is 27.7 Å². The van der Waals surface area contributed by atoms with E-state index >= 15 is 0 Å². The van der Waals surface area contributed by atoms with E-state index in [0.717, 1.165) is 0 Å². The Labute approximate surface area is 176 Å². The fourth-order valence-electron chi connectivity index (χ4n) is 3.09. The van der Waals surface area contributed by atoms with Crippen LogP contribution in [0.25, 0.3) is 0 Å². The summed E-state index contributed by atoms with van der Waals surface area (Å²) in [5.41, 5.74) is 0. The van der Waals surface area contributed by atoms with Gasteiger partial charge < -0.3 is 17.7 Å². The van der Waals surface area contributed by atoms with Gasteiger partial charge in [0.2, 0.25) is 0 Å². The molecule has 8 nitrogen and oxygen atoms in total. The van der Waals surface area contributed by atoms with Crippen LogP contribution in [0.1, 0.15) is 75.7 Å². The fraction of sp³-hybridized carbons (Fsp3) is 0.789. The van der Waals surface area contributed by atoms with Crippen molar-refractivity contribution in [2.75, 3.05) is 0 Å². The molecule has 0 aromatic rings. The Hall–Kier alpha value is -1.69. The zero-order valence-corrected chi connectivity index (χ0v) is 21.4. The SMILES string of the molecule is CC(=O)O[Si](CCC[Si](OC(C)=O)(OC(C)=O)C(C)(C)C)(OC(C)=O)C(C)(C)C. The lowest BCUT2D eigenvalue weighted by Gasteiger charge is -2.41. The maximum absolute atomic E-state index is 11.8. The number of rotatable bonds is 8. The zero-order valence-electron chi connectivity index (χ0n) is 19.4. The molecule has 0 aliphatic heterocycles. The summed E-state index contributed by atoms with van der Waals surface area (Å²) in [6.07, 6.45) is 0.397. The first-order chi connectivity index (χ1) is 12.9. The molecule has 29 heavy (non-hydrogen) atoms. The minimum absolute atomic E-state index is 0.295. The molecule has 0 bridgehead atoms. The second kappa shape index (κ2) is 9.88. The van der Waals surface area contributed by atoms with Gasteiger partial charge in [-0.15, -0.1) is 0 Å². The molecule has 0 saturated heterocycles. The van der Waals surface area contributed by atoms with E-state index in [9.17, 15) is 19.2 Å². The highest BCUT2D eigenvalue weighted by atomic mass is 28.4. The lowest BCUT2D eigenvalue weighted by molar-refractivity contribution is -0.141. The Balaban J connectivity index is 5.95. The van der Waals surface area contributed by atoms with Gasteiger partial charge in [0.15, 0.2) is 0 Å². The molecule has 168 valence electrons. The summed E-state index contributed by atoms with van der Waals surface area (Å²) in [6, 6.07) is 0.589. The highest BCUT2D eigenvalue weighted by molar-refractivity contribution is 6.75. The Bertz CT molecular complexity index is 545. The van der Waals surface area contributed by atoms with Crippen molar-refractivity contribution < 1.29 is 36.9 Å². The summed E-state index contributed by atoms with van der Waals surface area (Å²) in [7, 11) is -6.64. The first-order valence-corrected chi connectivity index (χ1v) is 13.7. The maximum atomic E-state index is 11.8. The lowest BCUT2D eigenvalue weighted by Crippen LogP contribution is -2.54. The predicted molar refractivity (Wildman–Crippen MR) is 112 cm³/mol. The average Bonchev–Trinajstić information content (AvgIpc) is 2.41. The van der Waals surface area contributed by atoms with Gasteiger partial charge in [-0.2, -0.15) is 0 Å². The third kappa shape index (κ3) is 7.92. The Morgan fingerprint density at radius 1 is 0.552 bits per heavy atom. The van der Waals surface area contributed by atoms with Gasteiger partial charge in [0.05, 0.1) is 0 Å². The molecule has 0 amide bonds. The van der Waals surface area contributed by atoms with Gasteiger partial charge in [0, 0.05) is 49.9 Å². The highest BCUT2D eigenvalue weighted by Crippen LogP contribution is 2.45. The van der Waals surface area contributed by atoms with Crippen LogP contribution in [0.5, 0.6) is 0 Å². The van der Waals surface area contributed by atoms with Crippen LogP contribution < -0.4 is 0 Å². The van der Waals surface area contributed by atoms with Crippen LogP contribution in [0.3, 0.4) is 0 Å². The zero-order chi connectivity index (χ0) is 23.3. The second-order valence-electron chi connectivity index (χ2n) is 9.23. The van der Waals surface area contributed by atoms with E-state index in [1.807, 2.05) is 41.5 Å². The van der Waals surface area contributed by atoms with Crippen molar-refractivity contribution in [2.24, 2.45) is 0 Å².